The molecule has 2 aromatic heterocycles. The largest absolute Gasteiger partial charge is 0.372 e. The van der Waals surface area contributed by atoms with Crippen molar-refractivity contribution >= 4 is 96.4 Å². The average Bonchev–Trinajstić information content (AvgIpc) is 3.84. The molecule has 2 fully saturated rings. The van der Waals surface area contributed by atoms with Crippen LogP contribution in [0.4, 0.5) is 26.3 Å². The lowest BCUT2D eigenvalue weighted by molar-refractivity contribution is -0.282. The van der Waals surface area contributed by atoms with E-state index < -0.39 is 50.9 Å². The molecule has 0 radical (unpaired) electrons. The van der Waals surface area contributed by atoms with Crippen molar-refractivity contribution in [1.29, 1.82) is 0 Å². The van der Waals surface area contributed by atoms with E-state index in [1.807, 2.05) is 98.8 Å². The van der Waals surface area contributed by atoms with Gasteiger partial charge in [0, 0.05) is 83.3 Å². The Morgan fingerprint density at radius 3 is 1.31 bits per heavy atom. The molecule has 0 N–H and O–H groups in total. The summed E-state index contributed by atoms with van der Waals surface area (Å²) >= 11 is 6.08. The zero-order chi connectivity index (χ0) is 33.9. The molecular weight excluding hydrogens is 711 g/mol. The van der Waals surface area contributed by atoms with Gasteiger partial charge in [0.15, 0.2) is 0 Å². The lowest BCUT2D eigenvalue weighted by Crippen LogP contribution is -2.63. The number of alkyl halides is 6. The molecule has 6 unspecified atom stereocenters. The van der Waals surface area contributed by atoms with Crippen LogP contribution in [0.1, 0.15) is 25.0 Å². The standard InChI is InChI=1S/C39H26F6S4/c1-35-25(17-31(48-35)19-11-13-29-23(15-19)21-7-3-5-9-27(21)46-29)33-34(38(42,43)39(44,45)37(33,40)41)26-18-32(49-36(26,35)2)20-12-14-30-24(16-20)22-8-4-6-10-28(22)47-30/h3-18,25-26,33-34H,1-2H3. The molecule has 0 bridgehead atoms. The summed E-state index contributed by atoms with van der Waals surface area (Å²) in [5.74, 6) is -22.2. The van der Waals surface area contributed by atoms with Crippen LogP contribution in [-0.2, 0) is 0 Å². The molecule has 2 aliphatic heterocycles. The fourth-order valence-electron chi connectivity index (χ4n) is 9.12. The van der Waals surface area contributed by atoms with E-state index in [9.17, 15) is 0 Å². The Labute approximate surface area is 294 Å². The van der Waals surface area contributed by atoms with E-state index in [4.69, 9.17) is 0 Å². The second-order valence-corrected chi connectivity index (χ2v) is 19.2. The molecule has 4 heterocycles. The molecule has 6 aromatic rings. The van der Waals surface area contributed by atoms with Crippen molar-refractivity contribution in [3.63, 3.8) is 0 Å². The van der Waals surface area contributed by atoms with Gasteiger partial charge in [-0.3, -0.25) is 0 Å². The second-order valence-electron chi connectivity index (χ2n) is 14.0. The Hall–Kier alpha value is -2.92. The molecule has 248 valence electrons. The van der Waals surface area contributed by atoms with Crippen molar-refractivity contribution in [2.75, 3.05) is 0 Å². The summed E-state index contributed by atoms with van der Waals surface area (Å²) in [4.78, 5) is 1.33. The van der Waals surface area contributed by atoms with E-state index in [2.05, 4.69) is 0 Å². The summed E-state index contributed by atoms with van der Waals surface area (Å²) in [5.41, 5.74) is 1.55. The topological polar surface area (TPSA) is 0 Å². The molecule has 2 aliphatic carbocycles. The van der Waals surface area contributed by atoms with Crippen molar-refractivity contribution in [2.24, 2.45) is 23.7 Å². The fourth-order valence-corrected chi connectivity index (χ4v) is 14.8. The van der Waals surface area contributed by atoms with Gasteiger partial charge in [0.2, 0.25) is 0 Å². The molecule has 0 saturated heterocycles. The number of benzene rings is 4. The van der Waals surface area contributed by atoms with Crippen LogP contribution in [0.25, 0.3) is 50.2 Å². The first kappa shape index (κ1) is 30.9. The first-order chi connectivity index (χ1) is 23.3. The number of fused-ring (bicyclic) bond motifs is 12. The molecule has 6 atom stereocenters. The summed E-state index contributed by atoms with van der Waals surface area (Å²) in [6.45, 7) is 3.66. The number of thiophene rings is 2. The molecule has 10 heteroatoms. The lowest BCUT2D eigenvalue weighted by Gasteiger charge is -2.57. The van der Waals surface area contributed by atoms with Gasteiger partial charge < -0.3 is 0 Å². The van der Waals surface area contributed by atoms with Crippen LogP contribution in [0.5, 0.6) is 0 Å². The minimum absolute atomic E-state index is 0.667. The van der Waals surface area contributed by atoms with Gasteiger partial charge in [0.1, 0.15) is 0 Å². The van der Waals surface area contributed by atoms with Gasteiger partial charge in [-0.2, -0.15) is 26.3 Å². The zero-order valence-corrected chi connectivity index (χ0v) is 29.2. The first-order valence-corrected chi connectivity index (χ1v) is 19.3. The van der Waals surface area contributed by atoms with Crippen LogP contribution < -0.4 is 0 Å². The van der Waals surface area contributed by atoms with Crippen molar-refractivity contribution in [2.45, 2.75) is 41.1 Å². The van der Waals surface area contributed by atoms with Crippen molar-refractivity contribution in [3.8, 4) is 0 Å². The van der Waals surface area contributed by atoms with Gasteiger partial charge in [-0.1, -0.05) is 60.7 Å². The van der Waals surface area contributed by atoms with Gasteiger partial charge in [0.05, 0.1) is 0 Å². The molecule has 49 heavy (non-hydrogen) atoms. The fraction of sp³-hybridized carbons (Fsp3) is 0.282. The van der Waals surface area contributed by atoms with E-state index in [1.54, 1.807) is 34.8 Å². The highest BCUT2D eigenvalue weighted by Crippen LogP contribution is 2.79. The highest BCUT2D eigenvalue weighted by Gasteiger charge is 2.90. The van der Waals surface area contributed by atoms with Gasteiger partial charge in [-0.25, -0.2) is 0 Å². The maximum absolute atomic E-state index is 16.0. The van der Waals surface area contributed by atoms with Crippen LogP contribution >= 0.6 is 46.2 Å². The molecule has 10 rings (SSSR count). The van der Waals surface area contributed by atoms with E-state index in [-0.39, 0.29) is 0 Å². The normalized spacial score (nSPS) is 32.4. The SMILES string of the molecule is CC12SC(c3ccc4sc5ccccc5c4c3)=CC1C1C(C3C=C(c4ccc5sc6ccccc6c5c4)SC32C)C(F)(F)C(F)(F)C1(F)F. The molecule has 2 saturated carbocycles. The minimum atomic E-state index is -5.48. The molecule has 0 spiro atoms. The van der Waals surface area contributed by atoms with Crippen LogP contribution in [0, 0.1) is 23.7 Å². The van der Waals surface area contributed by atoms with Gasteiger partial charge >= 0.3 is 17.8 Å². The maximum Gasteiger partial charge on any atom is 0.372 e. The Balaban J connectivity index is 1.14. The highest BCUT2D eigenvalue weighted by molar-refractivity contribution is 8.13. The number of allylic oxidation sites excluding steroid dienone is 2. The molecule has 4 aliphatic rings. The molecule has 0 nitrogen and oxygen atoms in total. The zero-order valence-electron chi connectivity index (χ0n) is 25.9. The van der Waals surface area contributed by atoms with Crippen LogP contribution in [-0.4, -0.2) is 27.3 Å². The van der Waals surface area contributed by atoms with Gasteiger partial charge in [-0.05, 0) is 61.4 Å². The lowest BCUT2D eigenvalue weighted by atomic mass is 9.56. The Bertz CT molecular complexity index is 2300. The number of hydrogen-bond acceptors (Lipinski definition) is 4. The van der Waals surface area contributed by atoms with E-state index >= 15 is 26.3 Å². The predicted octanol–water partition coefficient (Wildman–Crippen LogP) is 13.2. The van der Waals surface area contributed by atoms with E-state index in [1.165, 1.54) is 23.5 Å². The third-order valence-electron chi connectivity index (χ3n) is 11.7. The van der Waals surface area contributed by atoms with Crippen molar-refractivity contribution in [1.82, 2.24) is 0 Å². The summed E-state index contributed by atoms with van der Waals surface area (Å²) in [6.07, 6.45) is 3.24. The smallest absolute Gasteiger partial charge is 0.199 e. The minimum Gasteiger partial charge on any atom is -0.199 e. The average molecular weight is 737 g/mol. The van der Waals surface area contributed by atoms with Crippen molar-refractivity contribution < 1.29 is 26.3 Å². The monoisotopic (exact) mass is 736 g/mol. The Morgan fingerprint density at radius 1 is 0.490 bits per heavy atom. The number of hydrogen-bond donors (Lipinski definition) is 0. The number of halogens is 6. The van der Waals surface area contributed by atoms with Crippen LogP contribution in [0.2, 0.25) is 0 Å². The summed E-state index contributed by atoms with van der Waals surface area (Å²) in [6, 6.07) is 27.9. The molecule has 0 amide bonds. The van der Waals surface area contributed by atoms with Crippen molar-refractivity contribution in [3.05, 3.63) is 108 Å². The first-order valence-electron chi connectivity index (χ1n) is 16.0. The maximum atomic E-state index is 16.0. The quantitative estimate of drug-likeness (QED) is 0.162. The summed E-state index contributed by atoms with van der Waals surface area (Å²) < 4.78 is 97.2. The third-order valence-corrected chi connectivity index (χ3v) is 17.6. The van der Waals surface area contributed by atoms with Crippen LogP contribution in [0.3, 0.4) is 0 Å². The molecular formula is C39H26F6S4. The number of rotatable bonds is 2. The van der Waals surface area contributed by atoms with Gasteiger partial charge in [0.25, 0.3) is 0 Å². The Kier molecular flexibility index (Phi) is 6.10. The summed E-state index contributed by atoms with van der Waals surface area (Å²) in [5, 5.41) is 4.17. The number of thioether (sulfide) groups is 2. The highest BCUT2D eigenvalue weighted by atomic mass is 32.2. The Morgan fingerprint density at radius 2 is 0.878 bits per heavy atom. The molecule has 4 aromatic carbocycles. The predicted molar refractivity (Wildman–Crippen MR) is 195 cm³/mol. The van der Waals surface area contributed by atoms with E-state index in [0.29, 0.717) is 9.81 Å². The second kappa shape index (κ2) is 9.69. The third kappa shape index (κ3) is 3.71. The van der Waals surface area contributed by atoms with Crippen LogP contribution in [0.15, 0.2) is 97.1 Å². The van der Waals surface area contributed by atoms with E-state index in [0.717, 1.165) is 51.5 Å². The summed E-state index contributed by atoms with van der Waals surface area (Å²) in [7, 11) is 0. The van der Waals surface area contributed by atoms with Gasteiger partial charge in [-0.15, -0.1) is 46.2 Å².